The highest BCUT2D eigenvalue weighted by molar-refractivity contribution is 5.76. The molecule has 0 aromatic heterocycles. The molecule has 3 N–H and O–H groups in total. The van der Waals surface area contributed by atoms with Crippen molar-refractivity contribution in [2.75, 3.05) is 13.2 Å². The molecule has 0 radical (unpaired) electrons. The second kappa shape index (κ2) is 43.3. The molecule has 0 saturated carbocycles. The van der Waals surface area contributed by atoms with Gasteiger partial charge in [-0.15, -0.1) is 0 Å². The molecule has 314 valence electrons. The summed E-state index contributed by atoms with van der Waals surface area (Å²) in [6.45, 7) is 4.87. The van der Waals surface area contributed by atoms with Gasteiger partial charge in [0.25, 0.3) is 0 Å². The monoisotopic (exact) mass is 750 g/mol. The molecule has 6 heteroatoms. The first kappa shape index (κ1) is 51.6. The number of hydrogen-bond acceptors (Lipinski definition) is 5. The molecule has 0 aromatic carbocycles. The number of aliphatic hydroxyl groups excluding tert-OH is 2. The topological polar surface area (TPSA) is 95.9 Å². The van der Waals surface area contributed by atoms with Crippen molar-refractivity contribution in [3.63, 3.8) is 0 Å². The van der Waals surface area contributed by atoms with E-state index in [0.717, 1.165) is 77.0 Å². The van der Waals surface area contributed by atoms with Gasteiger partial charge in [0.05, 0.1) is 25.4 Å². The highest BCUT2D eigenvalue weighted by Gasteiger charge is 2.20. The summed E-state index contributed by atoms with van der Waals surface area (Å²) in [5.74, 6) is -0.0838. The molecule has 0 aliphatic carbocycles. The van der Waals surface area contributed by atoms with E-state index in [9.17, 15) is 19.8 Å². The summed E-state index contributed by atoms with van der Waals surface area (Å²) in [6.07, 6.45) is 47.5. The van der Waals surface area contributed by atoms with Gasteiger partial charge >= 0.3 is 5.97 Å². The van der Waals surface area contributed by atoms with E-state index < -0.39 is 12.1 Å². The maximum Gasteiger partial charge on any atom is 0.305 e. The number of nitrogens with one attached hydrogen (secondary N) is 1. The van der Waals surface area contributed by atoms with E-state index in [1.54, 1.807) is 0 Å². The van der Waals surface area contributed by atoms with Crippen molar-refractivity contribution in [3.05, 3.63) is 12.2 Å². The smallest absolute Gasteiger partial charge is 0.305 e. The zero-order chi connectivity index (χ0) is 38.7. The van der Waals surface area contributed by atoms with E-state index in [1.165, 1.54) is 141 Å². The lowest BCUT2D eigenvalue weighted by atomic mass is 10.0. The van der Waals surface area contributed by atoms with Crippen LogP contribution in [0.4, 0.5) is 0 Å². The third-order valence-corrected chi connectivity index (χ3v) is 10.8. The molecular formula is C47H91NO5. The van der Waals surface area contributed by atoms with Gasteiger partial charge < -0.3 is 20.3 Å². The zero-order valence-electron chi connectivity index (χ0n) is 35.5. The fraction of sp³-hybridized carbons (Fsp3) is 0.915. The van der Waals surface area contributed by atoms with Crippen molar-refractivity contribution in [2.24, 2.45) is 0 Å². The third kappa shape index (κ3) is 40.1. The van der Waals surface area contributed by atoms with Crippen molar-refractivity contribution >= 4 is 11.9 Å². The maximum atomic E-state index is 12.4. The minimum Gasteiger partial charge on any atom is -0.466 e. The van der Waals surface area contributed by atoms with Crippen molar-refractivity contribution in [3.8, 4) is 0 Å². The Hall–Kier alpha value is -1.40. The minimum atomic E-state index is -0.676. The van der Waals surface area contributed by atoms with Crippen LogP contribution in [0.1, 0.15) is 251 Å². The highest BCUT2D eigenvalue weighted by atomic mass is 16.5. The van der Waals surface area contributed by atoms with Crippen LogP contribution in [0.2, 0.25) is 0 Å². The molecule has 0 aliphatic heterocycles. The van der Waals surface area contributed by atoms with Crippen molar-refractivity contribution < 1.29 is 24.5 Å². The largest absolute Gasteiger partial charge is 0.466 e. The van der Waals surface area contributed by atoms with Gasteiger partial charge in [0.15, 0.2) is 0 Å². The van der Waals surface area contributed by atoms with Crippen molar-refractivity contribution in [1.29, 1.82) is 0 Å². The number of amides is 1. The van der Waals surface area contributed by atoms with Crippen LogP contribution in [-0.2, 0) is 14.3 Å². The number of hydrogen-bond donors (Lipinski definition) is 3. The van der Waals surface area contributed by atoms with Crippen LogP contribution < -0.4 is 5.32 Å². The highest BCUT2D eigenvalue weighted by Crippen LogP contribution is 2.15. The van der Waals surface area contributed by atoms with Gasteiger partial charge in [-0.05, 0) is 57.8 Å². The van der Waals surface area contributed by atoms with Crippen LogP contribution in [0.25, 0.3) is 0 Å². The standard InChI is InChI=1S/C47H91NO5/c1-3-5-7-9-11-13-14-15-16-17-21-25-29-33-37-41-47(52)53-42-38-34-30-26-22-19-18-20-24-28-32-36-40-46(51)48-44(43-49)45(50)39-35-31-27-23-12-10-8-6-4-2/h19,22,44-45,49-50H,3-18,20-21,23-43H2,1-2H3,(H,48,51)/b22-19-. The molecule has 0 aromatic rings. The SMILES string of the molecule is CCCCCCCCCCCCCCCCCC(=O)OCCCCC/C=C\CCCCCCCC(=O)NC(CO)C(O)CCCCCCCCCCC. The summed E-state index contributed by atoms with van der Waals surface area (Å²) in [5, 5.41) is 23.0. The quantitative estimate of drug-likeness (QED) is 0.0328. The average molecular weight is 750 g/mol. The lowest BCUT2D eigenvalue weighted by molar-refractivity contribution is -0.143. The predicted octanol–water partition coefficient (Wildman–Crippen LogP) is 13.4. The summed E-state index contributed by atoms with van der Waals surface area (Å²) in [6, 6.07) is -0.556. The van der Waals surface area contributed by atoms with Crippen molar-refractivity contribution in [2.45, 2.75) is 264 Å². The maximum absolute atomic E-state index is 12.4. The van der Waals surface area contributed by atoms with E-state index in [1.807, 2.05) is 0 Å². The molecule has 0 rings (SSSR count). The Kier molecular flexibility index (Phi) is 42.2. The van der Waals surface area contributed by atoms with Crippen LogP contribution in [0, 0.1) is 0 Å². The van der Waals surface area contributed by atoms with Crippen LogP contribution in [0.5, 0.6) is 0 Å². The Bertz CT molecular complexity index is 787. The molecule has 1 amide bonds. The first-order valence-electron chi connectivity index (χ1n) is 23.4. The van der Waals surface area contributed by atoms with E-state index in [4.69, 9.17) is 4.74 Å². The number of allylic oxidation sites excluding steroid dienone is 2. The Morgan fingerprint density at radius 1 is 0.509 bits per heavy atom. The molecule has 0 bridgehead atoms. The summed E-state index contributed by atoms with van der Waals surface area (Å²) in [7, 11) is 0. The van der Waals surface area contributed by atoms with E-state index >= 15 is 0 Å². The van der Waals surface area contributed by atoms with Gasteiger partial charge in [-0.3, -0.25) is 9.59 Å². The van der Waals surface area contributed by atoms with Crippen LogP contribution in [0.3, 0.4) is 0 Å². The number of carbonyl (C=O) groups is 2. The summed E-state index contributed by atoms with van der Waals surface area (Å²) >= 11 is 0. The molecule has 0 spiro atoms. The lowest BCUT2D eigenvalue weighted by Gasteiger charge is -2.22. The molecule has 0 aliphatic rings. The molecule has 6 nitrogen and oxygen atoms in total. The van der Waals surface area contributed by atoms with E-state index in [-0.39, 0.29) is 18.5 Å². The Morgan fingerprint density at radius 2 is 0.887 bits per heavy atom. The number of aliphatic hydroxyl groups is 2. The summed E-state index contributed by atoms with van der Waals surface area (Å²) in [4.78, 5) is 24.4. The number of carbonyl (C=O) groups excluding carboxylic acids is 2. The fourth-order valence-electron chi connectivity index (χ4n) is 7.16. The molecule has 0 fully saturated rings. The van der Waals surface area contributed by atoms with Crippen LogP contribution in [0.15, 0.2) is 12.2 Å². The van der Waals surface area contributed by atoms with Gasteiger partial charge in [-0.1, -0.05) is 193 Å². The normalized spacial score (nSPS) is 12.8. The Morgan fingerprint density at radius 3 is 1.34 bits per heavy atom. The molecular weight excluding hydrogens is 659 g/mol. The van der Waals surface area contributed by atoms with Crippen molar-refractivity contribution in [1.82, 2.24) is 5.32 Å². The minimum absolute atomic E-state index is 0.0205. The second-order valence-corrected chi connectivity index (χ2v) is 16.1. The van der Waals surface area contributed by atoms with Gasteiger partial charge in [-0.25, -0.2) is 0 Å². The van der Waals surface area contributed by atoms with Gasteiger partial charge in [0, 0.05) is 12.8 Å². The zero-order valence-corrected chi connectivity index (χ0v) is 35.5. The fourth-order valence-corrected chi connectivity index (χ4v) is 7.16. The van der Waals surface area contributed by atoms with E-state index in [2.05, 4.69) is 31.3 Å². The molecule has 0 saturated heterocycles. The average Bonchev–Trinajstić information content (AvgIpc) is 3.16. The van der Waals surface area contributed by atoms with Crippen LogP contribution >= 0.6 is 0 Å². The molecule has 53 heavy (non-hydrogen) atoms. The first-order valence-corrected chi connectivity index (χ1v) is 23.4. The van der Waals surface area contributed by atoms with E-state index in [0.29, 0.717) is 25.9 Å². The number of rotatable bonds is 43. The first-order chi connectivity index (χ1) is 26.0. The van der Waals surface area contributed by atoms with Gasteiger partial charge in [0.1, 0.15) is 0 Å². The molecule has 0 heterocycles. The van der Waals surface area contributed by atoms with Gasteiger partial charge in [0.2, 0.25) is 5.91 Å². The number of ether oxygens (including phenoxy) is 1. The summed E-state index contributed by atoms with van der Waals surface area (Å²) < 4.78 is 5.44. The molecule has 2 unspecified atom stereocenters. The second-order valence-electron chi connectivity index (χ2n) is 16.1. The third-order valence-electron chi connectivity index (χ3n) is 10.8. The Labute approximate surface area is 329 Å². The number of unbranched alkanes of at least 4 members (excludes halogenated alkanes) is 30. The summed E-state index contributed by atoms with van der Waals surface area (Å²) in [5.41, 5.74) is 0. The van der Waals surface area contributed by atoms with Gasteiger partial charge in [-0.2, -0.15) is 0 Å². The number of esters is 1. The lowest BCUT2D eigenvalue weighted by Crippen LogP contribution is -2.45. The predicted molar refractivity (Wildman–Crippen MR) is 227 cm³/mol. The Balaban J connectivity index is 3.47. The molecule has 2 atom stereocenters. The van der Waals surface area contributed by atoms with Crippen LogP contribution in [-0.4, -0.2) is 47.4 Å².